The number of fused-ring (bicyclic) bond motifs is 4. The number of aromatic nitrogens is 1. The molecule has 5 heterocycles. The molecule has 1 atom stereocenters. The van der Waals surface area contributed by atoms with Gasteiger partial charge in [-0.05, 0) is 61.2 Å². The number of benzene rings is 2. The third kappa shape index (κ3) is 4.38. The molecule has 0 saturated carbocycles. The van der Waals surface area contributed by atoms with Crippen molar-refractivity contribution < 1.29 is 9.59 Å². The standard InChI is InChI=1S/C29H27N3O2.ClH/c33-28(23-11-9-21(10-12-23)20-6-2-1-3-7-20)27-18-24(26-8-4-5-15-32(26)27)29(34)30-25-19-31-16-13-22(25)14-17-31;/h1-12,15,18,22,25H,13-14,16-17,19H2,(H,30,34);1H/t25-;/m0./s1. The van der Waals surface area contributed by atoms with Crippen LogP contribution in [-0.4, -0.2) is 46.7 Å². The minimum atomic E-state index is -0.0964. The normalized spacial score (nSPS) is 20.9. The van der Waals surface area contributed by atoms with Crippen LogP contribution in [0.15, 0.2) is 85.1 Å². The van der Waals surface area contributed by atoms with Gasteiger partial charge in [0.25, 0.3) is 5.91 Å². The maximum Gasteiger partial charge on any atom is 0.253 e. The topological polar surface area (TPSA) is 53.8 Å². The fraction of sp³-hybridized carbons (Fsp3) is 0.241. The van der Waals surface area contributed by atoms with Crippen LogP contribution in [0.3, 0.4) is 0 Å². The first-order chi connectivity index (χ1) is 16.7. The van der Waals surface area contributed by atoms with Crippen LogP contribution in [-0.2, 0) is 0 Å². The fourth-order valence-electron chi connectivity index (χ4n) is 5.48. The summed E-state index contributed by atoms with van der Waals surface area (Å²) in [4.78, 5) is 29.2. The molecule has 0 spiro atoms. The Bertz CT molecular complexity index is 1360. The van der Waals surface area contributed by atoms with E-state index in [2.05, 4.69) is 22.3 Å². The average molecular weight is 486 g/mol. The van der Waals surface area contributed by atoms with Crippen molar-refractivity contribution >= 4 is 29.6 Å². The number of nitrogens with one attached hydrogen (secondary N) is 1. The molecule has 0 unspecified atom stereocenters. The van der Waals surface area contributed by atoms with Crippen molar-refractivity contribution in [1.29, 1.82) is 0 Å². The summed E-state index contributed by atoms with van der Waals surface area (Å²) >= 11 is 0. The number of hydrogen-bond acceptors (Lipinski definition) is 3. The highest BCUT2D eigenvalue weighted by Gasteiger charge is 2.35. The predicted octanol–water partition coefficient (Wildman–Crippen LogP) is 5.08. The summed E-state index contributed by atoms with van der Waals surface area (Å²) in [6.45, 7) is 3.18. The van der Waals surface area contributed by atoms with Crippen molar-refractivity contribution in [2.24, 2.45) is 5.92 Å². The summed E-state index contributed by atoms with van der Waals surface area (Å²) in [5.74, 6) is 0.357. The number of carbonyl (C=O) groups is 2. The minimum absolute atomic E-state index is 0. The zero-order valence-electron chi connectivity index (χ0n) is 19.4. The molecule has 1 amide bonds. The van der Waals surface area contributed by atoms with E-state index in [0.717, 1.165) is 49.1 Å². The van der Waals surface area contributed by atoms with Crippen molar-refractivity contribution in [3.8, 4) is 11.1 Å². The number of ketones is 1. The maximum atomic E-state index is 13.5. The summed E-state index contributed by atoms with van der Waals surface area (Å²) in [5, 5.41) is 3.27. The largest absolute Gasteiger partial charge is 0.348 e. The van der Waals surface area contributed by atoms with E-state index in [4.69, 9.17) is 0 Å². The van der Waals surface area contributed by atoms with Crippen molar-refractivity contribution in [3.63, 3.8) is 0 Å². The lowest BCUT2D eigenvalue weighted by Gasteiger charge is -2.44. The molecule has 3 fully saturated rings. The van der Waals surface area contributed by atoms with Gasteiger partial charge in [0.1, 0.15) is 0 Å². The molecule has 5 nitrogen and oxygen atoms in total. The molecule has 0 aliphatic carbocycles. The Morgan fingerprint density at radius 2 is 1.51 bits per heavy atom. The van der Waals surface area contributed by atoms with Crippen LogP contribution in [0.2, 0.25) is 0 Å². The molecule has 1 N–H and O–H groups in total. The van der Waals surface area contributed by atoms with Crippen molar-refractivity contribution in [1.82, 2.24) is 14.6 Å². The molecule has 0 radical (unpaired) electrons. The number of rotatable bonds is 5. The van der Waals surface area contributed by atoms with Gasteiger partial charge in [-0.2, -0.15) is 0 Å². The van der Waals surface area contributed by atoms with Gasteiger partial charge in [0, 0.05) is 24.3 Å². The minimum Gasteiger partial charge on any atom is -0.348 e. The Morgan fingerprint density at radius 3 is 2.20 bits per heavy atom. The van der Waals surface area contributed by atoms with Crippen molar-refractivity contribution in [3.05, 3.63) is 102 Å². The SMILES string of the molecule is Cl.O=C(N[C@H]1CN2CCC1CC2)c1cc(C(=O)c2ccc(-c3ccccc3)cc2)n2ccccc12. The van der Waals surface area contributed by atoms with E-state index in [0.29, 0.717) is 22.7 Å². The van der Waals surface area contributed by atoms with Crippen LogP contribution < -0.4 is 5.32 Å². The number of amides is 1. The fourth-order valence-corrected chi connectivity index (χ4v) is 5.48. The van der Waals surface area contributed by atoms with Crippen LogP contribution in [0.5, 0.6) is 0 Å². The first kappa shape index (κ1) is 23.3. The third-order valence-corrected chi connectivity index (χ3v) is 7.38. The highest BCUT2D eigenvalue weighted by atomic mass is 35.5. The Kier molecular flexibility index (Phi) is 6.46. The number of piperidine rings is 3. The van der Waals surface area contributed by atoms with E-state index in [1.807, 2.05) is 71.3 Å². The highest BCUT2D eigenvalue weighted by Crippen LogP contribution is 2.28. The van der Waals surface area contributed by atoms with Gasteiger partial charge in [-0.15, -0.1) is 12.4 Å². The summed E-state index contributed by atoms with van der Waals surface area (Å²) in [6, 6.07) is 25.4. The molecule has 3 saturated heterocycles. The second-order valence-electron chi connectivity index (χ2n) is 9.39. The van der Waals surface area contributed by atoms with Crippen LogP contribution in [0.1, 0.15) is 39.3 Å². The van der Waals surface area contributed by atoms with E-state index >= 15 is 0 Å². The van der Waals surface area contributed by atoms with Crippen molar-refractivity contribution in [2.45, 2.75) is 18.9 Å². The Morgan fingerprint density at radius 1 is 0.829 bits per heavy atom. The molecule has 2 aromatic heterocycles. The van der Waals surface area contributed by atoms with E-state index in [-0.39, 0.29) is 30.1 Å². The van der Waals surface area contributed by atoms with Gasteiger partial charge in [0.2, 0.25) is 5.78 Å². The molecular formula is C29H28ClN3O2. The van der Waals surface area contributed by atoms with Crippen LogP contribution in [0.4, 0.5) is 0 Å². The smallest absolute Gasteiger partial charge is 0.253 e. The van der Waals surface area contributed by atoms with Gasteiger partial charge in [0.05, 0.1) is 16.8 Å². The molecule has 3 aliphatic rings. The second kappa shape index (κ2) is 9.68. The molecule has 178 valence electrons. The third-order valence-electron chi connectivity index (χ3n) is 7.38. The lowest BCUT2D eigenvalue weighted by molar-refractivity contribution is 0.0621. The number of halogens is 1. The monoisotopic (exact) mass is 485 g/mol. The lowest BCUT2D eigenvalue weighted by Crippen LogP contribution is -2.57. The molecule has 35 heavy (non-hydrogen) atoms. The zero-order chi connectivity index (χ0) is 23.1. The number of hydrogen-bond donors (Lipinski definition) is 1. The number of nitrogens with zero attached hydrogens (tertiary/aromatic N) is 2. The Balaban J connectivity index is 0.00000253. The number of carbonyl (C=O) groups excluding carboxylic acids is 2. The van der Waals surface area contributed by atoms with E-state index in [1.165, 1.54) is 0 Å². The second-order valence-corrected chi connectivity index (χ2v) is 9.39. The van der Waals surface area contributed by atoms with E-state index in [9.17, 15) is 9.59 Å². The summed E-state index contributed by atoms with van der Waals surface area (Å²) in [6.07, 6.45) is 4.14. The first-order valence-electron chi connectivity index (χ1n) is 12.0. The highest BCUT2D eigenvalue weighted by molar-refractivity contribution is 6.12. The molecule has 2 bridgehead atoms. The van der Waals surface area contributed by atoms with Gasteiger partial charge >= 0.3 is 0 Å². The average Bonchev–Trinajstić information content (AvgIpc) is 3.29. The van der Waals surface area contributed by atoms with E-state index < -0.39 is 0 Å². The van der Waals surface area contributed by atoms with Gasteiger partial charge in [-0.25, -0.2) is 0 Å². The van der Waals surface area contributed by atoms with Gasteiger partial charge < -0.3 is 14.6 Å². The maximum absolute atomic E-state index is 13.5. The summed E-state index contributed by atoms with van der Waals surface area (Å²) < 4.78 is 1.83. The van der Waals surface area contributed by atoms with E-state index in [1.54, 1.807) is 6.07 Å². The Labute approximate surface area is 211 Å². The summed E-state index contributed by atoms with van der Waals surface area (Å²) in [5.41, 5.74) is 4.59. The molecular weight excluding hydrogens is 458 g/mol. The molecule has 2 aromatic carbocycles. The van der Waals surface area contributed by atoms with Crippen LogP contribution >= 0.6 is 12.4 Å². The summed E-state index contributed by atoms with van der Waals surface area (Å²) in [7, 11) is 0. The number of pyridine rings is 1. The molecule has 3 aliphatic heterocycles. The van der Waals surface area contributed by atoms with Gasteiger partial charge in [-0.1, -0.05) is 60.7 Å². The van der Waals surface area contributed by atoms with Crippen molar-refractivity contribution in [2.75, 3.05) is 19.6 Å². The van der Waals surface area contributed by atoms with Gasteiger partial charge in [0.15, 0.2) is 0 Å². The quantitative estimate of drug-likeness (QED) is 0.401. The molecule has 4 aromatic rings. The predicted molar refractivity (Wildman–Crippen MR) is 140 cm³/mol. The molecule has 6 heteroatoms. The first-order valence-corrected chi connectivity index (χ1v) is 12.0. The van der Waals surface area contributed by atoms with Crippen LogP contribution in [0.25, 0.3) is 16.6 Å². The lowest BCUT2D eigenvalue weighted by atomic mass is 9.84. The Hall–Kier alpha value is -3.41. The van der Waals surface area contributed by atoms with Gasteiger partial charge in [-0.3, -0.25) is 9.59 Å². The van der Waals surface area contributed by atoms with Crippen LogP contribution in [0, 0.1) is 5.92 Å². The molecule has 7 rings (SSSR count). The zero-order valence-corrected chi connectivity index (χ0v) is 20.2.